The quantitative estimate of drug-likeness (QED) is 0.775. The van der Waals surface area contributed by atoms with Gasteiger partial charge in [0.15, 0.2) is 0 Å². The van der Waals surface area contributed by atoms with Gasteiger partial charge in [-0.15, -0.1) is 0 Å². The number of carbonyl (C=O) groups is 1. The average molecular weight is 351 g/mol. The topological polar surface area (TPSA) is 64.1 Å². The van der Waals surface area contributed by atoms with E-state index in [1.165, 1.54) is 0 Å². The second-order valence-corrected chi connectivity index (χ2v) is 7.00. The number of amides is 1. The van der Waals surface area contributed by atoms with Gasteiger partial charge in [0.05, 0.1) is 11.1 Å². The van der Waals surface area contributed by atoms with Crippen molar-refractivity contribution in [3.05, 3.63) is 60.4 Å². The SMILES string of the molecule is O=C(Nc1ccc2ncccc2c1)c1ccc(OC2CCSC2)nc1. The molecule has 0 bridgehead atoms. The van der Waals surface area contributed by atoms with Crippen LogP contribution in [0.2, 0.25) is 0 Å². The Bertz CT molecular complexity index is 893. The Hall–Kier alpha value is -2.60. The smallest absolute Gasteiger partial charge is 0.257 e. The first kappa shape index (κ1) is 15.9. The number of thioether (sulfide) groups is 1. The summed E-state index contributed by atoms with van der Waals surface area (Å²) < 4.78 is 5.81. The minimum absolute atomic E-state index is 0.196. The lowest BCUT2D eigenvalue weighted by molar-refractivity contribution is 0.102. The van der Waals surface area contributed by atoms with Crippen LogP contribution in [0.1, 0.15) is 16.8 Å². The minimum atomic E-state index is -0.196. The highest BCUT2D eigenvalue weighted by Gasteiger charge is 2.17. The summed E-state index contributed by atoms with van der Waals surface area (Å²) in [5.41, 5.74) is 2.13. The number of ether oxygens (including phenoxy) is 1. The molecule has 1 unspecified atom stereocenters. The van der Waals surface area contributed by atoms with E-state index in [0.29, 0.717) is 11.4 Å². The van der Waals surface area contributed by atoms with Crippen molar-refractivity contribution in [2.45, 2.75) is 12.5 Å². The van der Waals surface area contributed by atoms with Crippen LogP contribution < -0.4 is 10.1 Å². The van der Waals surface area contributed by atoms with Crippen molar-refractivity contribution in [1.29, 1.82) is 0 Å². The van der Waals surface area contributed by atoms with E-state index >= 15 is 0 Å². The molecule has 25 heavy (non-hydrogen) atoms. The van der Waals surface area contributed by atoms with Gasteiger partial charge in [0, 0.05) is 35.3 Å². The van der Waals surface area contributed by atoms with Crippen molar-refractivity contribution in [2.75, 3.05) is 16.8 Å². The predicted molar refractivity (Wildman–Crippen MR) is 100 cm³/mol. The zero-order chi connectivity index (χ0) is 17.1. The number of pyridine rings is 2. The van der Waals surface area contributed by atoms with E-state index in [1.807, 2.05) is 42.1 Å². The van der Waals surface area contributed by atoms with E-state index in [9.17, 15) is 4.79 Å². The summed E-state index contributed by atoms with van der Waals surface area (Å²) >= 11 is 1.89. The van der Waals surface area contributed by atoms with E-state index < -0.39 is 0 Å². The predicted octanol–water partition coefficient (Wildman–Crippen LogP) is 3.77. The zero-order valence-corrected chi connectivity index (χ0v) is 14.3. The van der Waals surface area contributed by atoms with Crippen LogP contribution in [-0.4, -0.2) is 33.5 Å². The summed E-state index contributed by atoms with van der Waals surface area (Å²) in [4.78, 5) is 20.9. The first-order valence-electron chi connectivity index (χ1n) is 8.14. The average Bonchev–Trinajstić information content (AvgIpc) is 3.15. The molecule has 5 nitrogen and oxygen atoms in total. The van der Waals surface area contributed by atoms with Crippen molar-refractivity contribution in [1.82, 2.24) is 9.97 Å². The fourth-order valence-corrected chi connectivity index (χ4v) is 3.81. The fraction of sp³-hybridized carbons (Fsp3) is 0.211. The molecule has 1 aliphatic rings. The van der Waals surface area contributed by atoms with Crippen LogP contribution in [0.25, 0.3) is 10.9 Å². The maximum absolute atomic E-state index is 12.4. The molecule has 1 atom stereocenters. The maximum atomic E-state index is 12.4. The van der Waals surface area contributed by atoms with Gasteiger partial charge >= 0.3 is 0 Å². The van der Waals surface area contributed by atoms with Gasteiger partial charge in [-0.1, -0.05) is 6.07 Å². The van der Waals surface area contributed by atoms with Crippen molar-refractivity contribution in [2.24, 2.45) is 0 Å². The molecular formula is C19H17N3O2S. The van der Waals surface area contributed by atoms with Crippen LogP contribution in [0.3, 0.4) is 0 Å². The lowest BCUT2D eigenvalue weighted by Crippen LogP contribution is -2.16. The molecular weight excluding hydrogens is 334 g/mol. The first-order chi connectivity index (χ1) is 12.3. The van der Waals surface area contributed by atoms with E-state index in [1.54, 1.807) is 24.5 Å². The molecule has 4 rings (SSSR count). The number of nitrogens with zero attached hydrogens (tertiary/aromatic N) is 2. The second-order valence-electron chi connectivity index (χ2n) is 5.85. The molecule has 0 spiro atoms. The largest absolute Gasteiger partial charge is 0.473 e. The van der Waals surface area contributed by atoms with Gasteiger partial charge in [0.1, 0.15) is 6.10 Å². The van der Waals surface area contributed by atoms with E-state index in [-0.39, 0.29) is 12.0 Å². The highest BCUT2D eigenvalue weighted by molar-refractivity contribution is 7.99. The first-order valence-corrected chi connectivity index (χ1v) is 9.30. The molecule has 0 saturated carbocycles. The van der Waals surface area contributed by atoms with Crippen molar-refractivity contribution in [3.8, 4) is 5.88 Å². The van der Waals surface area contributed by atoms with Crippen LogP contribution in [0.5, 0.6) is 5.88 Å². The maximum Gasteiger partial charge on any atom is 0.257 e. The molecule has 1 amide bonds. The summed E-state index contributed by atoms with van der Waals surface area (Å²) in [7, 11) is 0. The monoisotopic (exact) mass is 351 g/mol. The van der Waals surface area contributed by atoms with Crippen LogP contribution in [0.15, 0.2) is 54.9 Å². The third-order valence-electron chi connectivity index (χ3n) is 4.03. The van der Waals surface area contributed by atoms with E-state index in [2.05, 4.69) is 15.3 Å². The molecule has 3 heterocycles. The molecule has 1 N–H and O–H groups in total. The molecule has 1 aromatic carbocycles. The van der Waals surface area contributed by atoms with E-state index in [0.717, 1.165) is 34.5 Å². The van der Waals surface area contributed by atoms with E-state index in [4.69, 9.17) is 4.74 Å². The summed E-state index contributed by atoms with van der Waals surface area (Å²) in [6.45, 7) is 0. The third kappa shape index (κ3) is 3.74. The number of aromatic nitrogens is 2. The van der Waals surface area contributed by atoms with Gasteiger partial charge in [0.2, 0.25) is 5.88 Å². The standard InChI is InChI=1S/C19H17N3O2S/c23-19(22-15-4-5-17-13(10-15)2-1-8-20-17)14-3-6-18(21-11-14)24-16-7-9-25-12-16/h1-6,8,10-11,16H,7,9,12H2,(H,22,23). The summed E-state index contributed by atoms with van der Waals surface area (Å²) in [5.74, 6) is 2.51. The van der Waals surface area contributed by atoms with Gasteiger partial charge in [0.25, 0.3) is 5.91 Å². The Kier molecular flexibility index (Phi) is 4.52. The summed E-state index contributed by atoms with van der Waals surface area (Å²) in [6.07, 6.45) is 4.57. The number of fused-ring (bicyclic) bond motifs is 1. The van der Waals surface area contributed by atoms with Crippen molar-refractivity contribution < 1.29 is 9.53 Å². The Morgan fingerprint density at radius 2 is 2.16 bits per heavy atom. The Morgan fingerprint density at radius 3 is 2.96 bits per heavy atom. The summed E-state index contributed by atoms with van der Waals surface area (Å²) in [5, 5.41) is 3.88. The number of carbonyl (C=O) groups excluding carboxylic acids is 1. The third-order valence-corrected chi connectivity index (χ3v) is 5.17. The number of anilines is 1. The molecule has 0 aliphatic carbocycles. The molecule has 1 fully saturated rings. The highest BCUT2D eigenvalue weighted by atomic mass is 32.2. The normalized spacial score (nSPS) is 16.7. The molecule has 6 heteroatoms. The number of nitrogens with one attached hydrogen (secondary N) is 1. The van der Waals surface area contributed by atoms with Crippen LogP contribution in [0, 0.1) is 0 Å². The Labute approximate surface area is 149 Å². The number of hydrogen-bond donors (Lipinski definition) is 1. The second kappa shape index (κ2) is 7.11. The van der Waals surface area contributed by atoms with Crippen LogP contribution in [0.4, 0.5) is 5.69 Å². The lowest BCUT2D eigenvalue weighted by Gasteiger charge is -2.11. The molecule has 1 aliphatic heterocycles. The van der Waals surface area contributed by atoms with Crippen LogP contribution >= 0.6 is 11.8 Å². The Balaban J connectivity index is 1.44. The summed E-state index contributed by atoms with van der Waals surface area (Å²) in [6, 6.07) is 13.0. The highest BCUT2D eigenvalue weighted by Crippen LogP contribution is 2.22. The van der Waals surface area contributed by atoms with Gasteiger partial charge in [-0.05, 0) is 42.5 Å². The molecule has 3 aromatic rings. The van der Waals surface area contributed by atoms with Crippen molar-refractivity contribution >= 4 is 34.3 Å². The molecule has 2 aromatic heterocycles. The number of rotatable bonds is 4. The molecule has 0 radical (unpaired) electrons. The minimum Gasteiger partial charge on any atom is -0.473 e. The van der Waals surface area contributed by atoms with Gasteiger partial charge in [-0.25, -0.2) is 4.98 Å². The zero-order valence-electron chi connectivity index (χ0n) is 13.5. The van der Waals surface area contributed by atoms with Gasteiger partial charge in [-0.3, -0.25) is 9.78 Å². The number of hydrogen-bond acceptors (Lipinski definition) is 5. The fourth-order valence-electron chi connectivity index (χ4n) is 2.72. The molecule has 1 saturated heterocycles. The molecule has 126 valence electrons. The Morgan fingerprint density at radius 1 is 1.20 bits per heavy atom. The van der Waals surface area contributed by atoms with Gasteiger partial charge < -0.3 is 10.1 Å². The van der Waals surface area contributed by atoms with Crippen molar-refractivity contribution in [3.63, 3.8) is 0 Å². The lowest BCUT2D eigenvalue weighted by atomic mass is 10.2. The number of benzene rings is 1. The van der Waals surface area contributed by atoms with Gasteiger partial charge in [-0.2, -0.15) is 11.8 Å². The van der Waals surface area contributed by atoms with Crippen LogP contribution in [-0.2, 0) is 0 Å².